The van der Waals surface area contributed by atoms with Crippen molar-refractivity contribution in [3.05, 3.63) is 30.1 Å². The van der Waals surface area contributed by atoms with E-state index in [2.05, 4.69) is 25.2 Å². The van der Waals surface area contributed by atoms with Gasteiger partial charge in [-0.1, -0.05) is 0 Å². The van der Waals surface area contributed by atoms with Crippen LogP contribution < -0.4 is 16.0 Å². The topological polar surface area (TPSA) is 80.0 Å². The van der Waals surface area contributed by atoms with Crippen molar-refractivity contribution < 1.29 is 4.39 Å². The van der Waals surface area contributed by atoms with Crippen LogP contribution >= 0.6 is 0 Å². The quantitative estimate of drug-likeness (QED) is 0.890. The van der Waals surface area contributed by atoms with Crippen molar-refractivity contribution in [3.8, 4) is 0 Å². The van der Waals surface area contributed by atoms with Crippen LogP contribution in [0.1, 0.15) is 12.8 Å². The van der Waals surface area contributed by atoms with Gasteiger partial charge in [0.2, 0.25) is 17.8 Å². The molecule has 0 unspecified atom stereocenters. The van der Waals surface area contributed by atoms with Gasteiger partial charge in [-0.3, -0.25) is 0 Å². The molecule has 2 aromatic rings. The van der Waals surface area contributed by atoms with Crippen molar-refractivity contribution in [2.24, 2.45) is 0 Å². The van der Waals surface area contributed by atoms with Gasteiger partial charge < -0.3 is 16.0 Å². The minimum atomic E-state index is -0.288. The number of benzene rings is 1. The molecule has 20 heavy (non-hydrogen) atoms. The summed E-state index contributed by atoms with van der Waals surface area (Å²) in [7, 11) is 0. The predicted octanol–water partition coefficient (Wildman–Crippen LogP) is 1.94. The van der Waals surface area contributed by atoms with Gasteiger partial charge >= 0.3 is 0 Å². The van der Waals surface area contributed by atoms with Crippen molar-refractivity contribution in [2.75, 3.05) is 29.0 Å². The molecule has 104 valence electrons. The van der Waals surface area contributed by atoms with Crippen LogP contribution in [0.3, 0.4) is 0 Å². The molecule has 1 aliphatic heterocycles. The molecule has 1 aromatic heterocycles. The lowest BCUT2D eigenvalue weighted by atomic mass is 10.3. The van der Waals surface area contributed by atoms with Gasteiger partial charge in [-0.05, 0) is 37.1 Å². The maximum atomic E-state index is 12.9. The van der Waals surface area contributed by atoms with E-state index >= 15 is 0 Å². The fourth-order valence-corrected chi connectivity index (χ4v) is 2.16. The normalized spacial score (nSPS) is 14.6. The Balaban J connectivity index is 1.83. The fourth-order valence-electron chi connectivity index (χ4n) is 2.16. The average molecular weight is 274 g/mol. The molecule has 0 saturated carbocycles. The van der Waals surface area contributed by atoms with E-state index in [9.17, 15) is 4.39 Å². The number of nitrogen functional groups attached to an aromatic ring is 1. The van der Waals surface area contributed by atoms with Crippen LogP contribution in [0.25, 0.3) is 0 Å². The summed E-state index contributed by atoms with van der Waals surface area (Å²) in [6, 6.07) is 5.97. The van der Waals surface area contributed by atoms with Crippen LogP contribution in [0.15, 0.2) is 24.3 Å². The third kappa shape index (κ3) is 2.76. The van der Waals surface area contributed by atoms with Crippen LogP contribution in [0.2, 0.25) is 0 Å². The lowest BCUT2D eigenvalue weighted by molar-refractivity contribution is 0.628. The third-order valence-corrected chi connectivity index (χ3v) is 3.13. The van der Waals surface area contributed by atoms with E-state index in [0.717, 1.165) is 25.9 Å². The maximum Gasteiger partial charge on any atom is 0.233 e. The van der Waals surface area contributed by atoms with Crippen molar-refractivity contribution in [2.45, 2.75) is 12.8 Å². The highest BCUT2D eigenvalue weighted by molar-refractivity contribution is 5.55. The maximum absolute atomic E-state index is 12.9. The first kappa shape index (κ1) is 12.6. The molecule has 0 aliphatic carbocycles. The minimum Gasteiger partial charge on any atom is -0.368 e. The van der Waals surface area contributed by atoms with Gasteiger partial charge in [0.15, 0.2) is 0 Å². The second-order valence-corrected chi connectivity index (χ2v) is 4.64. The number of anilines is 4. The number of nitrogens with two attached hydrogens (primary N) is 1. The van der Waals surface area contributed by atoms with E-state index in [-0.39, 0.29) is 11.8 Å². The third-order valence-electron chi connectivity index (χ3n) is 3.13. The summed E-state index contributed by atoms with van der Waals surface area (Å²) < 4.78 is 12.9. The number of hydrogen-bond donors (Lipinski definition) is 2. The standard InChI is InChI=1S/C13H15FN6/c14-9-3-5-10(6-4-9)16-12-17-11(15)18-13(19-12)20-7-1-2-8-20/h3-6H,1-2,7-8H2,(H3,15,16,17,18,19). The lowest BCUT2D eigenvalue weighted by Crippen LogP contribution is -2.21. The Morgan fingerprint density at radius 2 is 1.75 bits per heavy atom. The van der Waals surface area contributed by atoms with Crippen molar-refractivity contribution in [3.63, 3.8) is 0 Å². The molecule has 0 radical (unpaired) electrons. The zero-order chi connectivity index (χ0) is 13.9. The summed E-state index contributed by atoms with van der Waals surface area (Å²) >= 11 is 0. The van der Waals surface area contributed by atoms with Gasteiger partial charge in [-0.2, -0.15) is 15.0 Å². The van der Waals surface area contributed by atoms with Gasteiger partial charge in [0.25, 0.3) is 0 Å². The number of nitrogens with zero attached hydrogens (tertiary/aromatic N) is 4. The highest BCUT2D eigenvalue weighted by Crippen LogP contribution is 2.19. The van der Waals surface area contributed by atoms with Crippen LogP contribution in [-0.2, 0) is 0 Å². The number of rotatable bonds is 3. The minimum absolute atomic E-state index is 0.173. The Morgan fingerprint density at radius 3 is 2.45 bits per heavy atom. The summed E-state index contributed by atoms with van der Waals surface area (Å²) in [5.74, 6) is 0.834. The molecule has 3 rings (SSSR count). The van der Waals surface area contributed by atoms with E-state index in [1.54, 1.807) is 12.1 Å². The molecule has 1 aromatic carbocycles. The molecule has 6 nitrogen and oxygen atoms in total. The summed E-state index contributed by atoms with van der Waals surface area (Å²) in [6.07, 6.45) is 2.26. The average Bonchev–Trinajstić information content (AvgIpc) is 2.95. The lowest BCUT2D eigenvalue weighted by Gasteiger charge is -2.16. The van der Waals surface area contributed by atoms with Crippen LogP contribution in [0, 0.1) is 5.82 Å². The molecule has 7 heteroatoms. The fraction of sp³-hybridized carbons (Fsp3) is 0.308. The summed E-state index contributed by atoms with van der Waals surface area (Å²) in [4.78, 5) is 14.6. The number of nitrogens with one attached hydrogen (secondary N) is 1. The van der Waals surface area contributed by atoms with E-state index < -0.39 is 0 Å². The molecule has 3 N–H and O–H groups in total. The zero-order valence-electron chi connectivity index (χ0n) is 10.9. The largest absolute Gasteiger partial charge is 0.368 e. The second-order valence-electron chi connectivity index (χ2n) is 4.64. The monoisotopic (exact) mass is 274 g/mol. The molecule has 1 saturated heterocycles. The zero-order valence-corrected chi connectivity index (χ0v) is 10.9. The number of aromatic nitrogens is 3. The van der Waals surface area contributed by atoms with E-state index in [1.807, 2.05) is 0 Å². The highest BCUT2D eigenvalue weighted by Gasteiger charge is 2.16. The van der Waals surface area contributed by atoms with Crippen LogP contribution in [-0.4, -0.2) is 28.0 Å². The Bertz CT molecular complexity index is 594. The summed E-state index contributed by atoms with van der Waals surface area (Å²) in [6.45, 7) is 1.86. The molecule has 0 atom stereocenters. The van der Waals surface area contributed by atoms with Crippen LogP contribution in [0.4, 0.5) is 27.9 Å². The van der Waals surface area contributed by atoms with Crippen LogP contribution in [0.5, 0.6) is 0 Å². The van der Waals surface area contributed by atoms with Gasteiger partial charge in [-0.25, -0.2) is 4.39 Å². The van der Waals surface area contributed by atoms with Gasteiger partial charge in [0.1, 0.15) is 5.82 Å². The summed E-state index contributed by atoms with van der Waals surface area (Å²) in [5.41, 5.74) is 6.41. The molecule has 0 bridgehead atoms. The summed E-state index contributed by atoms with van der Waals surface area (Å²) in [5, 5.41) is 3.00. The van der Waals surface area contributed by atoms with Gasteiger partial charge in [0, 0.05) is 18.8 Å². The first-order valence-electron chi connectivity index (χ1n) is 6.50. The molecule has 0 spiro atoms. The predicted molar refractivity (Wildman–Crippen MR) is 75.4 cm³/mol. The van der Waals surface area contributed by atoms with E-state index in [4.69, 9.17) is 5.73 Å². The number of hydrogen-bond acceptors (Lipinski definition) is 6. The molecular weight excluding hydrogens is 259 g/mol. The highest BCUT2D eigenvalue weighted by atomic mass is 19.1. The van der Waals surface area contributed by atoms with Gasteiger partial charge in [-0.15, -0.1) is 0 Å². The van der Waals surface area contributed by atoms with Crippen molar-refractivity contribution in [1.29, 1.82) is 0 Å². The Hall–Kier alpha value is -2.44. The Morgan fingerprint density at radius 1 is 1.05 bits per heavy atom. The molecule has 0 amide bonds. The smallest absolute Gasteiger partial charge is 0.233 e. The second kappa shape index (κ2) is 5.28. The van der Waals surface area contributed by atoms with E-state index in [1.165, 1.54) is 12.1 Å². The Kier molecular flexibility index (Phi) is 3.32. The van der Waals surface area contributed by atoms with Gasteiger partial charge in [0.05, 0.1) is 0 Å². The van der Waals surface area contributed by atoms with E-state index in [0.29, 0.717) is 17.6 Å². The first-order chi connectivity index (χ1) is 9.70. The SMILES string of the molecule is Nc1nc(Nc2ccc(F)cc2)nc(N2CCCC2)n1. The Labute approximate surface area is 115 Å². The first-order valence-corrected chi connectivity index (χ1v) is 6.50. The number of halogens is 1. The molecular formula is C13H15FN6. The molecule has 2 heterocycles. The molecule has 1 fully saturated rings. The van der Waals surface area contributed by atoms with Crippen molar-refractivity contribution in [1.82, 2.24) is 15.0 Å². The van der Waals surface area contributed by atoms with Crippen molar-refractivity contribution >= 4 is 23.5 Å². The molecule has 1 aliphatic rings.